The third kappa shape index (κ3) is 2.85. The number of fused-ring (bicyclic) bond motifs is 1. The second kappa shape index (κ2) is 6.32. The van der Waals surface area contributed by atoms with Crippen LogP contribution in [-0.2, 0) is 11.2 Å². The van der Waals surface area contributed by atoms with Crippen LogP contribution in [0.2, 0.25) is 0 Å². The van der Waals surface area contributed by atoms with E-state index in [0.717, 1.165) is 25.0 Å². The molecule has 1 aromatic carbocycles. The van der Waals surface area contributed by atoms with Gasteiger partial charge in [0.05, 0.1) is 12.5 Å². The summed E-state index contributed by atoms with van der Waals surface area (Å²) in [6, 6.07) is 6.17. The van der Waals surface area contributed by atoms with Crippen LogP contribution in [0.3, 0.4) is 0 Å². The van der Waals surface area contributed by atoms with Crippen LogP contribution in [0.5, 0.6) is 5.75 Å². The quantitative estimate of drug-likeness (QED) is 0.892. The standard InChI is InChI=1S/C18H22N2O2S/c1-4-5-15-14-10-13(22-3)7-6-12(14)11-18(15,2)16(21)20-17-19-8-9-23-17/h6-10,15H,4-5,11H2,1-3H3,(H,19,20,21)/t15-,18-/m0/s1. The molecule has 0 aliphatic heterocycles. The molecule has 1 aliphatic rings. The van der Waals surface area contributed by atoms with Crippen LogP contribution in [0.25, 0.3) is 0 Å². The normalized spacial score (nSPS) is 22.7. The van der Waals surface area contributed by atoms with Gasteiger partial charge in [-0.1, -0.05) is 19.4 Å². The Morgan fingerprint density at radius 3 is 3.00 bits per heavy atom. The summed E-state index contributed by atoms with van der Waals surface area (Å²) in [5, 5.41) is 5.53. The number of nitrogens with one attached hydrogen (secondary N) is 1. The van der Waals surface area contributed by atoms with Crippen molar-refractivity contribution in [1.82, 2.24) is 4.98 Å². The predicted molar refractivity (Wildman–Crippen MR) is 93.2 cm³/mol. The highest BCUT2D eigenvalue weighted by Gasteiger charge is 2.47. The molecule has 2 aromatic rings. The van der Waals surface area contributed by atoms with Crippen LogP contribution in [0.15, 0.2) is 29.8 Å². The Bertz CT molecular complexity index is 699. The topological polar surface area (TPSA) is 51.2 Å². The lowest BCUT2D eigenvalue weighted by Crippen LogP contribution is -2.37. The highest BCUT2D eigenvalue weighted by molar-refractivity contribution is 7.13. The average molecular weight is 330 g/mol. The van der Waals surface area contributed by atoms with Gasteiger partial charge < -0.3 is 10.1 Å². The van der Waals surface area contributed by atoms with E-state index >= 15 is 0 Å². The van der Waals surface area contributed by atoms with E-state index < -0.39 is 5.41 Å². The molecule has 1 heterocycles. The number of aromatic nitrogens is 1. The van der Waals surface area contributed by atoms with Crippen molar-refractivity contribution in [2.75, 3.05) is 12.4 Å². The second-order valence-corrected chi connectivity index (χ2v) is 7.19. The van der Waals surface area contributed by atoms with Crippen molar-refractivity contribution in [3.05, 3.63) is 40.9 Å². The van der Waals surface area contributed by atoms with E-state index in [0.29, 0.717) is 5.13 Å². The number of carbonyl (C=O) groups excluding carboxylic acids is 1. The largest absolute Gasteiger partial charge is 0.497 e. The van der Waals surface area contributed by atoms with Crippen LogP contribution >= 0.6 is 11.3 Å². The third-order valence-electron chi connectivity index (χ3n) is 4.80. The molecule has 5 heteroatoms. The zero-order chi connectivity index (χ0) is 16.4. The van der Waals surface area contributed by atoms with Crippen molar-refractivity contribution in [3.8, 4) is 5.75 Å². The minimum Gasteiger partial charge on any atom is -0.497 e. The van der Waals surface area contributed by atoms with Crippen LogP contribution in [0.1, 0.15) is 43.7 Å². The molecule has 0 unspecified atom stereocenters. The van der Waals surface area contributed by atoms with Gasteiger partial charge >= 0.3 is 0 Å². The molecular formula is C18H22N2O2S. The van der Waals surface area contributed by atoms with Crippen LogP contribution in [-0.4, -0.2) is 18.0 Å². The summed E-state index contributed by atoms with van der Waals surface area (Å²) in [7, 11) is 1.68. The number of nitrogens with zero attached hydrogens (tertiary/aromatic N) is 1. The number of amides is 1. The Balaban J connectivity index is 1.93. The van der Waals surface area contributed by atoms with E-state index in [9.17, 15) is 4.79 Å². The fourth-order valence-electron chi connectivity index (χ4n) is 3.57. The number of ether oxygens (including phenoxy) is 1. The maximum atomic E-state index is 13.0. The highest BCUT2D eigenvalue weighted by Crippen LogP contribution is 2.51. The van der Waals surface area contributed by atoms with Crippen molar-refractivity contribution < 1.29 is 9.53 Å². The van der Waals surface area contributed by atoms with Gasteiger partial charge in [0, 0.05) is 11.6 Å². The number of rotatable bonds is 5. The zero-order valence-electron chi connectivity index (χ0n) is 13.8. The Kier molecular flexibility index (Phi) is 4.39. The Morgan fingerprint density at radius 2 is 2.35 bits per heavy atom. The summed E-state index contributed by atoms with van der Waals surface area (Å²) >= 11 is 1.45. The van der Waals surface area contributed by atoms with E-state index in [1.165, 1.54) is 22.5 Å². The Labute approximate surface area is 140 Å². The lowest BCUT2D eigenvalue weighted by Gasteiger charge is -2.30. The summed E-state index contributed by atoms with van der Waals surface area (Å²) in [4.78, 5) is 17.1. The first-order valence-electron chi connectivity index (χ1n) is 7.96. The van der Waals surface area contributed by atoms with Crippen molar-refractivity contribution >= 4 is 22.4 Å². The molecule has 0 spiro atoms. The van der Waals surface area contributed by atoms with Gasteiger partial charge in [-0.15, -0.1) is 11.3 Å². The number of anilines is 1. The van der Waals surface area contributed by atoms with E-state index in [-0.39, 0.29) is 11.8 Å². The molecule has 4 nitrogen and oxygen atoms in total. The fraction of sp³-hybridized carbons (Fsp3) is 0.444. The molecule has 23 heavy (non-hydrogen) atoms. The summed E-state index contributed by atoms with van der Waals surface area (Å²) in [6.45, 7) is 4.24. The number of benzene rings is 1. The number of hydrogen-bond acceptors (Lipinski definition) is 4. The Hall–Kier alpha value is -1.88. The third-order valence-corrected chi connectivity index (χ3v) is 5.49. The molecule has 122 valence electrons. The van der Waals surface area contributed by atoms with Gasteiger partial charge in [0.1, 0.15) is 5.75 Å². The number of carbonyl (C=O) groups is 1. The number of thiazole rings is 1. The monoisotopic (exact) mass is 330 g/mol. The molecule has 1 N–H and O–H groups in total. The van der Waals surface area contributed by atoms with Gasteiger partial charge in [-0.25, -0.2) is 4.98 Å². The first kappa shape index (κ1) is 16.0. The fourth-order valence-corrected chi connectivity index (χ4v) is 4.10. The van der Waals surface area contributed by atoms with Gasteiger partial charge in [-0.3, -0.25) is 4.79 Å². The van der Waals surface area contributed by atoms with Crippen molar-refractivity contribution in [1.29, 1.82) is 0 Å². The van der Waals surface area contributed by atoms with E-state index in [4.69, 9.17) is 4.74 Å². The molecular weight excluding hydrogens is 308 g/mol. The summed E-state index contributed by atoms with van der Waals surface area (Å²) in [5.74, 6) is 1.12. The summed E-state index contributed by atoms with van der Waals surface area (Å²) in [5.41, 5.74) is 2.06. The van der Waals surface area contributed by atoms with Crippen molar-refractivity contribution in [2.24, 2.45) is 5.41 Å². The molecule has 0 fully saturated rings. The second-order valence-electron chi connectivity index (χ2n) is 6.29. The van der Waals surface area contributed by atoms with Gasteiger partial charge in [0.25, 0.3) is 0 Å². The first-order valence-corrected chi connectivity index (χ1v) is 8.84. The summed E-state index contributed by atoms with van der Waals surface area (Å²) < 4.78 is 5.37. The average Bonchev–Trinajstić information content (AvgIpc) is 3.15. The van der Waals surface area contributed by atoms with E-state index in [2.05, 4.69) is 36.3 Å². The number of methoxy groups -OCH3 is 1. The van der Waals surface area contributed by atoms with Gasteiger partial charge in [0.2, 0.25) is 5.91 Å². The lowest BCUT2D eigenvalue weighted by atomic mass is 9.75. The predicted octanol–water partition coefficient (Wildman–Crippen LogP) is 4.24. The molecule has 1 amide bonds. The summed E-state index contributed by atoms with van der Waals surface area (Å²) in [6.07, 6.45) is 4.50. The van der Waals surface area contributed by atoms with Crippen LogP contribution in [0, 0.1) is 5.41 Å². The Morgan fingerprint density at radius 1 is 1.52 bits per heavy atom. The van der Waals surface area contributed by atoms with Crippen molar-refractivity contribution in [2.45, 2.75) is 39.0 Å². The zero-order valence-corrected chi connectivity index (χ0v) is 14.6. The SMILES string of the molecule is CCC[C@H]1c2cc(OC)ccc2C[C@]1(C)C(=O)Nc1nccs1. The van der Waals surface area contributed by atoms with Crippen LogP contribution < -0.4 is 10.1 Å². The van der Waals surface area contributed by atoms with E-state index in [1.54, 1.807) is 13.3 Å². The molecule has 0 saturated carbocycles. The van der Waals surface area contributed by atoms with Gasteiger partial charge in [0.15, 0.2) is 5.13 Å². The minimum absolute atomic E-state index is 0.0565. The maximum absolute atomic E-state index is 13.0. The maximum Gasteiger partial charge on any atom is 0.233 e. The molecule has 0 saturated heterocycles. The molecule has 0 radical (unpaired) electrons. The van der Waals surface area contributed by atoms with Gasteiger partial charge in [-0.05, 0) is 48.9 Å². The number of hydrogen-bond donors (Lipinski definition) is 1. The van der Waals surface area contributed by atoms with Crippen LogP contribution in [0.4, 0.5) is 5.13 Å². The highest BCUT2D eigenvalue weighted by atomic mass is 32.1. The molecule has 1 aliphatic carbocycles. The van der Waals surface area contributed by atoms with Gasteiger partial charge in [-0.2, -0.15) is 0 Å². The smallest absolute Gasteiger partial charge is 0.233 e. The van der Waals surface area contributed by atoms with E-state index in [1.807, 2.05) is 11.4 Å². The molecule has 2 atom stereocenters. The minimum atomic E-state index is -0.448. The lowest BCUT2D eigenvalue weighted by molar-refractivity contribution is -0.125. The first-order chi connectivity index (χ1) is 11.1. The molecule has 0 bridgehead atoms. The molecule has 3 rings (SSSR count). The van der Waals surface area contributed by atoms with Crippen molar-refractivity contribution in [3.63, 3.8) is 0 Å². The molecule has 1 aromatic heterocycles.